The van der Waals surface area contributed by atoms with Gasteiger partial charge in [-0.15, -0.1) is 0 Å². The number of carbonyl (C=O) groups is 1. The summed E-state index contributed by atoms with van der Waals surface area (Å²) in [5.41, 5.74) is 7.23. The molecule has 1 aliphatic rings. The Morgan fingerprint density at radius 2 is 2.05 bits per heavy atom. The SMILES string of the molecule is CC1CC(c2ccc(NN=C(C#N)C#N)cc2)=NNC1=O. The summed E-state index contributed by atoms with van der Waals surface area (Å²) >= 11 is 0. The first-order valence-corrected chi connectivity index (χ1v) is 6.24. The Labute approximate surface area is 121 Å². The number of hydrazone groups is 2. The molecule has 0 bridgehead atoms. The molecule has 0 radical (unpaired) electrons. The molecule has 0 fully saturated rings. The van der Waals surface area contributed by atoms with E-state index in [1.807, 2.05) is 19.1 Å². The molecule has 7 nitrogen and oxygen atoms in total. The molecule has 7 heteroatoms. The maximum absolute atomic E-state index is 11.3. The molecule has 0 aromatic heterocycles. The van der Waals surface area contributed by atoms with Gasteiger partial charge in [-0.1, -0.05) is 19.1 Å². The van der Waals surface area contributed by atoms with Crippen LogP contribution in [0.3, 0.4) is 0 Å². The van der Waals surface area contributed by atoms with Crippen molar-refractivity contribution in [2.45, 2.75) is 13.3 Å². The lowest BCUT2D eigenvalue weighted by atomic mass is 9.97. The van der Waals surface area contributed by atoms with Gasteiger partial charge < -0.3 is 0 Å². The van der Waals surface area contributed by atoms with Crippen molar-refractivity contribution in [2.75, 3.05) is 5.43 Å². The first-order valence-electron chi connectivity index (χ1n) is 6.24. The number of hydrogen-bond donors (Lipinski definition) is 2. The molecular formula is C14H12N6O. The average molecular weight is 280 g/mol. The molecule has 1 atom stereocenters. The van der Waals surface area contributed by atoms with Crippen LogP contribution in [0.25, 0.3) is 0 Å². The third-order valence-electron chi connectivity index (χ3n) is 2.97. The van der Waals surface area contributed by atoms with Gasteiger partial charge in [-0.05, 0) is 17.7 Å². The molecule has 0 spiro atoms. The number of hydrogen-bond acceptors (Lipinski definition) is 6. The van der Waals surface area contributed by atoms with E-state index in [-0.39, 0.29) is 17.5 Å². The van der Waals surface area contributed by atoms with Gasteiger partial charge in [-0.25, -0.2) is 5.43 Å². The zero-order valence-electron chi connectivity index (χ0n) is 11.3. The lowest BCUT2D eigenvalue weighted by molar-refractivity contribution is -0.124. The standard InChI is InChI=1S/C14H12N6O/c1-9-6-13(19-20-14(9)21)10-2-4-11(5-3-10)17-18-12(7-15)8-16/h2-5,9,17H,6H2,1H3,(H,20,21). The molecule has 21 heavy (non-hydrogen) atoms. The Bertz CT molecular complexity index is 674. The summed E-state index contributed by atoms with van der Waals surface area (Å²) < 4.78 is 0. The Balaban J connectivity index is 2.10. The fourth-order valence-electron chi connectivity index (χ4n) is 1.78. The van der Waals surface area contributed by atoms with E-state index < -0.39 is 0 Å². The molecule has 0 saturated carbocycles. The molecular weight excluding hydrogens is 268 g/mol. The highest BCUT2D eigenvalue weighted by Gasteiger charge is 2.21. The van der Waals surface area contributed by atoms with Crippen LogP contribution in [0, 0.1) is 28.6 Å². The van der Waals surface area contributed by atoms with Crippen molar-refractivity contribution in [3.8, 4) is 12.1 Å². The summed E-state index contributed by atoms with van der Waals surface area (Å²) in [6.45, 7) is 1.85. The summed E-state index contributed by atoms with van der Waals surface area (Å²) in [6, 6.07) is 10.5. The van der Waals surface area contributed by atoms with Crippen LogP contribution < -0.4 is 10.9 Å². The van der Waals surface area contributed by atoms with Gasteiger partial charge in [0.05, 0.1) is 11.4 Å². The number of benzene rings is 1. The van der Waals surface area contributed by atoms with Crippen molar-refractivity contribution in [1.29, 1.82) is 10.5 Å². The number of nitrogens with zero attached hydrogens (tertiary/aromatic N) is 4. The van der Waals surface area contributed by atoms with E-state index >= 15 is 0 Å². The van der Waals surface area contributed by atoms with Gasteiger partial charge in [0.25, 0.3) is 0 Å². The van der Waals surface area contributed by atoms with Gasteiger partial charge in [-0.3, -0.25) is 10.2 Å². The van der Waals surface area contributed by atoms with Crippen LogP contribution in [0.1, 0.15) is 18.9 Å². The second-order valence-corrected chi connectivity index (χ2v) is 4.51. The lowest BCUT2D eigenvalue weighted by Crippen LogP contribution is -2.33. The largest absolute Gasteiger partial charge is 0.277 e. The second-order valence-electron chi connectivity index (χ2n) is 4.51. The molecule has 2 N–H and O–H groups in total. The van der Waals surface area contributed by atoms with Gasteiger partial charge in [-0.2, -0.15) is 20.7 Å². The fraction of sp³-hybridized carbons (Fsp3) is 0.214. The van der Waals surface area contributed by atoms with Crippen LogP contribution in [0.15, 0.2) is 34.5 Å². The Morgan fingerprint density at radius 3 is 2.62 bits per heavy atom. The lowest BCUT2D eigenvalue weighted by Gasteiger charge is -2.17. The van der Waals surface area contributed by atoms with E-state index in [1.54, 1.807) is 24.3 Å². The van der Waals surface area contributed by atoms with E-state index in [0.717, 1.165) is 11.3 Å². The van der Waals surface area contributed by atoms with Crippen LogP contribution in [-0.2, 0) is 4.79 Å². The number of amides is 1. The molecule has 1 aromatic carbocycles. The van der Waals surface area contributed by atoms with Gasteiger partial charge in [0.2, 0.25) is 11.6 Å². The minimum Gasteiger partial charge on any atom is -0.277 e. The topological polar surface area (TPSA) is 113 Å². The molecule has 1 heterocycles. The third-order valence-corrected chi connectivity index (χ3v) is 2.97. The Morgan fingerprint density at radius 1 is 1.38 bits per heavy atom. The average Bonchev–Trinajstić information content (AvgIpc) is 2.52. The minimum absolute atomic E-state index is 0.0769. The zero-order valence-corrected chi connectivity index (χ0v) is 11.3. The van der Waals surface area contributed by atoms with Crippen LogP contribution in [0.5, 0.6) is 0 Å². The first-order chi connectivity index (χ1) is 10.1. The summed E-state index contributed by atoms with van der Waals surface area (Å²) in [4.78, 5) is 11.3. The van der Waals surface area contributed by atoms with Crippen LogP contribution in [0.2, 0.25) is 0 Å². The van der Waals surface area contributed by atoms with Gasteiger partial charge in [0, 0.05) is 12.3 Å². The number of anilines is 1. The smallest absolute Gasteiger partial charge is 0.243 e. The number of nitrogens with one attached hydrogen (secondary N) is 2. The molecule has 1 amide bonds. The predicted molar refractivity (Wildman–Crippen MR) is 77.2 cm³/mol. The maximum atomic E-state index is 11.3. The number of nitriles is 2. The summed E-state index contributed by atoms with van der Waals surface area (Å²) in [6.07, 6.45) is 0.587. The highest BCUT2D eigenvalue weighted by Crippen LogP contribution is 2.17. The molecule has 0 saturated heterocycles. The van der Waals surface area contributed by atoms with Crippen molar-refractivity contribution in [3.05, 3.63) is 29.8 Å². The predicted octanol–water partition coefficient (Wildman–Crippen LogP) is 1.36. The molecule has 2 rings (SSSR count). The number of rotatable bonds is 3. The van der Waals surface area contributed by atoms with Crippen molar-refractivity contribution < 1.29 is 4.79 Å². The van der Waals surface area contributed by atoms with E-state index in [2.05, 4.69) is 21.1 Å². The fourth-order valence-corrected chi connectivity index (χ4v) is 1.78. The van der Waals surface area contributed by atoms with E-state index in [1.165, 1.54) is 0 Å². The minimum atomic E-state index is -0.243. The highest BCUT2D eigenvalue weighted by molar-refractivity contribution is 6.10. The van der Waals surface area contributed by atoms with Crippen molar-refractivity contribution >= 4 is 23.0 Å². The van der Waals surface area contributed by atoms with Crippen molar-refractivity contribution in [2.24, 2.45) is 16.1 Å². The maximum Gasteiger partial charge on any atom is 0.243 e. The summed E-state index contributed by atoms with van der Waals surface area (Å²) in [5.74, 6) is -0.180. The van der Waals surface area contributed by atoms with Crippen LogP contribution in [-0.4, -0.2) is 17.3 Å². The molecule has 1 unspecified atom stereocenters. The van der Waals surface area contributed by atoms with E-state index in [9.17, 15) is 4.79 Å². The van der Waals surface area contributed by atoms with Crippen LogP contribution in [0.4, 0.5) is 5.69 Å². The second kappa shape index (κ2) is 6.31. The Kier molecular flexibility index (Phi) is 4.27. The van der Waals surface area contributed by atoms with E-state index in [0.29, 0.717) is 12.1 Å². The third kappa shape index (κ3) is 3.43. The number of carbonyl (C=O) groups excluding carboxylic acids is 1. The first kappa shape index (κ1) is 14.2. The quantitative estimate of drug-likeness (QED) is 0.642. The molecule has 0 aliphatic carbocycles. The van der Waals surface area contributed by atoms with Crippen LogP contribution >= 0.6 is 0 Å². The summed E-state index contributed by atoms with van der Waals surface area (Å²) in [5, 5.41) is 24.8. The zero-order chi connectivity index (χ0) is 15.2. The molecule has 104 valence electrons. The summed E-state index contributed by atoms with van der Waals surface area (Å²) in [7, 11) is 0. The Hall–Kier alpha value is -3.19. The normalized spacial score (nSPS) is 16.8. The highest BCUT2D eigenvalue weighted by atomic mass is 16.2. The molecule has 1 aromatic rings. The van der Waals surface area contributed by atoms with Gasteiger partial charge in [0.15, 0.2) is 0 Å². The van der Waals surface area contributed by atoms with Gasteiger partial charge >= 0.3 is 0 Å². The van der Waals surface area contributed by atoms with Crippen molar-refractivity contribution in [1.82, 2.24) is 5.43 Å². The monoisotopic (exact) mass is 280 g/mol. The van der Waals surface area contributed by atoms with E-state index in [4.69, 9.17) is 10.5 Å². The van der Waals surface area contributed by atoms with Crippen molar-refractivity contribution in [3.63, 3.8) is 0 Å². The van der Waals surface area contributed by atoms with Gasteiger partial charge in [0.1, 0.15) is 12.1 Å². The molecule has 1 aliphatic heterocycles.